The molecule has 3 N–H and O–H groups in total. The zero-order chi connectivity index (χ0) is 25.5. The standard InChI is InChI=1S/C29H23FN6O/c1-16(2)29(37)33-21-9-19(12-31-13-21)18-5-8-25-23(10-18)28(36-35-25)26-11-22-24(14-32-15-27(22)34-26)17-3-6-20(30)7-4-17/h3-16,34H,1-2H3,(H,33,37)(H,35,36). The quantitative estimate of drug-likeness (QED) is 0.254. The average molecular weight is 491 g/mol. The second kappa shape index (κ2) is 8.98. The summed E-state index contributed by atoms with van der Waals surface area (Å²) < 4.78 is 13.5. The van der Waals surface area contributed by atoms with Gasteiger partial charge in [-0.05, 0) is 47.5 Å². The molecule has 0 aliphatic carbocycles. The minimum atomic E-state index is -0.277. The van der Waals surface area contributed by atoms with Gasteiger partial charge in [0.15, 0.2) is 0 Å². The molecule has 7 nitrogen and oxygen atoms in total. The van der Waals surface area contributed by atoms with Crippen molar-refractivity contribution in [2.75, 3.05) is 5.32 Å². The van der Waals surface area contributed by atoms with E-state index in [1.807, 2.05) is 38.1 Å². The minimum absolute atomic E-state index is 0.0557. The lowest BCUT2D eigenvalue weighted by Gasteiger charge is -2.09. The van der Waals surface area contributed by atoms with Crippen molar-refractivity contribution in [2.24, 2.45) is 5.92 Å². The Kier molecular flexibility index (Phi) is 5.49. The zero-order valence-electron chi connectivity index (χ0n) is 20.2. The molecule has 0 fully saturated rings. The Morgan fingerprint density at radius 2 is 1.62 bits per heavy atom. The van der Waals surface area contributed by atoms with Crippen molar-refractivity contribution < 1.29 is 9.18 Å². The molecule has 37 heavy (non-hydrogen) atoms. The average Bonchev–Trinajstić information content (AvgIpc) is 3.53. The normalized spacial score (nSPS) is 11.5. The van der Waals surface area contributed by atoms with Gasteiger partial charge in [0.2, 0.25) is 5.91 Å². The number of H-pyrrole nitrogens is 2. The molecule has 0 atom stereocenters. The molecule has 6 rings (SSSR count). The predicted molar refractivity (Wildman–Crippen MR) is 143 cm³/mol. The lowest BCUT2D eigenvalue weighted by atomic mass is 10.0. The van der Waals surface area contributed by atoms with Crippen LogP contribution >= 0.6 is 0 Å². The molecule has 4 aromatic heterocycles. The number of hydrogen-bond acceptors (Lipinski definition) is 4. The van der Waals surface area contributed by atoms with Gasteiger partial charge < -0.3 is 10.3 Å². The van der Waals surface area contributed by atoms with Crippen LogP contribution < -0.4 is 5.32 Å². The van der Waals surface area contributed by atoms with Gasteiger partial charge in [-0.15, -0.1) is 0 Å². The zero-order valence-corrected chi connectivity index (χ0v) is 20.2. The molecule has 4 heterocycles. The van der Waals surface area contributed by atoms with Crippen LogP contribution in [-0.2, 0) is 4.79 Å². The molecular weight excluding hydrogens is 467 g/mol. The SMILES string of the molecule is CC(C)C(=O)Nc1cncc(-c2ccc3[nH]nc(-c4cc5c(-c6ccc(F)cc6)cncc5[nH]4)c3c2)c1. The molecule has 0 spiro atoms. The molecule has 0 radical (unpaired) electrons. The van der Waals surface area contributed by atoms with Crippen LogP contribution in [-0.4, -0.2) is 31.1 Å². The molecule has 0 unspecified atom stereocenters. The van der Waals surface area contributed by atoms with Crippen LogP contribution in [0.15, 0.2) is 79.4 Å². The molecule has 6 aromatic rings. The summed E-state index contributed by atoms with van der Waals surface area (Å²) >= 11 is 0. The highest BCUT2D eigenvalue weighted by Crippen LogP contribution is 2.35. The molecule has 2 aromatic carbocycles. The van der Waals surface area contributed by atoms with Gasteiger partial charge in [-0.2, -0.15) is 5.10 Å². The van der Waals surface area contributed by atoms with Crippen molar-refractivity contribution in [1.29, 1.82) is 0 Å². The van der Waals surface area contributed by atoms with E-state index in [4.69, 9.17) is 0 Å². The van der Waals surface area contributed by atoms with Crippen LogP contribution in [0.4, 0.5) is 10.1 Å². The van der Waals surface area contributed by atoms with Crippen molar-refractivity contribution >= 4 is 33.4 Å². The summed E-state index contributed by atoms with van der Waals surface area (Å²) in [6.45, 7) is 3.70. The van der Waals surface area contributed by atoms with Gasteiger partial charge in [-0.1, -0.05) is 32.0 Å². The van der Waals surface area contributed by atoms with Crippen LogP contribution in [0.1, 0.15) is 13.8 Å². The highest BCUT2D eigenvalue weighted by atomic mass is 19.1. The van der Waals surface area contributed by atoms with E-state index >= 15 is 0 Å². The first-order chi connectivity index (χ1) is 18.0. The van der Waals surface area contributed by atoms with E-state index in [0.717, 1.165) is 55.4 Å². The summed E-state index contributed by atoms with van der Waals surface area (Å²) in [5.74, 6) is -0.455. The van der Waals surface area contributed by atoms with E-state index in [2.05, 4.69) is 36.5 Å². The van der Waals surface area contributed by atoms with Crippen LogP contribution in [0.2, 0.25) is 0 Å². The predicted octanol–water partition coefficient (Wildman–Crippen LogP) is 6.57. The third kappa shape index (κ3) is 4.23. The number of carbonyl (C=O) groups excluding carboxylic acids is 1. The van der Waals surface area contributed by atoms with E-state index in [1.165, 1.54) is 12.1 Å². The Morgan fingerprint density at radius 1 is 0.838 bits per heavy atom. The Balaban J connectivity index is 1.41. The first kappa shape index (κ1) is 22.6. The molecular formula is C29H23FN6O. The summed E-state index contributed by atoms with van der Waals surface area (Å²) in [4.78, 5) is 24.3. The highest BCUT2D eigenvalue weighted by Gasteiger charge is 2.15. The number of aromatic nitrogens is 5. The number of carbonyl (C=O) groups is 1. The minimum Gasteiger partial charge on any atom is -0.352 e. The fourth-order valence-electron chi connectivity index (χ4n) is 4.39. The maximum Gasteiger partial charge on any atom is 0.226 e. The summed E-state index contributed by atoms with van der Waals surface area (Å²) in [5.41, 5.74) is 7.65. The number of hydrogen-bond donors (Lipinski definition) is 3. The Morgan fingerprint density at radius 3 is 2.43 bits per heavy atom. The van der Waals surface area contributed by atoms with Crippen LogP contribution in [0, 0.1) is 11.7 Å². The summed E-state index contributed by atoms with van der Waals surface area (Å²) in [7, 11) is 0. The number of halogens is 1. The van der Waals surface area contributed by atoms with Crippen LogP contribution in [0.3, 0.4) is 0 Å². The maximum absolute atomic E-state index is 13.5. The fraction of sp³-hybridized carbons (Fsp3) is 0.103. The summed E-state index contributed by atoms with van der Waals surface area (Å²) in [6.07, 6.45) is 6.97. The molecule has 0 saturated heterocycles. The smallest absolute Gasteiger partial charge is 0.226 e. The van der Waals surface area contributed by atoms with Crippen molar-refractivity contribution in [3.05, 3.63) is 85.2 Å². The van der Waals surface area contributed by atoms with Gasteiger partial charge in [-0.25, -0.2) is 4.39 Å². The molecule has 0 aliphatic rings. The number of amides is 1. The monoisotopic (exact) mass is 490 g/mol. The van der Waals surface area contributed by atoms with E-state index in [9.17, 15) is 9.18 Å². The van der Waals surface area contributed by atoms with E-state index < -0.39 is 0 Å². The molecule has 0 aliphatic heterocycles. The number of fused-ring (bicyclic) bond motifs is 2. The van der Waals surface area contributed by atoms with Crippen molar-refractivity contribution in [1.82, 2.24) is 25.1 Å². The first-order valence-electron chi connectivity index (χ1n) is 11.9. The molecule has 0 saturated carbocycles. The third-order valence-corrected chi connectivity index (χ3v) is 6.38. The largest absolute Gasteiger partial charge is 0.352 e. The van der Waals surface area contributed by atoms with Crippen molar-refractivity contribution in [3.63, 3.8) is 0 Å². The number of aromatic amines is 2. The highest BCUT2D eigenvalue weighted by molar-refractivity contribution is 6.01. The molecule has 8 heteroatoms. The van der Waals surface area contributed by atoms with E-state index in [0.29, 0.717) is 5.69 Å². The Bertz CT molecular complexity index is 1770. The van der Waals surface area contributed by atoms with Crippen LogP contribution in [0.25, 0.3) is 55.4 Å². The van der Waals surface area contributed by atoms with Crippen molar-refractivity contribution in [2.45, 2.75) is 13.8 Å². The summed E-state index contributed by atoms with van der Waals surface area (Å²) in [6, 6.07) is 16.4. The fourth-order valence-corrected chi connectivity index (χ4v) is 4.39. The second-order valence-corrected chi connectivity index (χ2v) is 9.28. The number of nitrogens with one attached hydrogen (secondary N) is 3. The topological polar surface area (TPSA) is 99.3 Å². The first-order valence-corrected chi connectivity index (χ1v) is 11.9. The Labute approximate surface area is 211 Å². The maximum atomic E-state index is 13.5. The number of nitrogens with zero attached hydrogens (tertiary/aromatic N) is 3. The lowest BCUT2D eigenvalue weighted by Crippen LogP contribution is -2.17. The number of pyridine rings is 2. The molecule has 1 amide bonds. The number of rotatable bonds is 5. The Hall–Kier alpha value is -4.85. The van der Waals surface area contributed by atoms with Crippen LogP contribution in [0.5, 0.6) is 0 Å². The van der Waals surface area contributed by atoms with Gasteiger partial charge in [0.1, 0.15) is 11.5 Å². The van der Waals surface area contributed by atoms with Gasteiger partial charge in [0.25, 0.3) is 0 Å². The summed E-state index contributed by atoms with van der Waals surface area (Å²) in [5, 5.41) is 12.5. The molecule has 0 bridgehead atoms. The molecule has 182 valence electrons. The van der Waals surface area contributed by atoms with Gasteiger partial charge in [0, 0.05) is 40.2 Å². The lowest BCUT2D eigenvalue weighted by molar-refractivity contribution is -0.118. The third-order valence-electron chi connectivity index (χ3n) is 6.38. The van der Waals surface area contributed by atoms with E-state index in [1.54, 1.807) is 36.9 Å². The second-order valence-electron chi connectivity index (χ2n) is 9.28. The van der Waals surface area contributed by atoms with Gasteiger partial charge in [-0.3, -0.25) is 19.9 Å². The van der Waals surface area contributed by atoms with Gasteiger partial charge in [0.05, 0.1) is 34.8 Å². The van der Waals surface area contributed by atoms with Crippen molar-refractivity contribution in [3.8, 4) is 33.6 Å². The van der Waals surface area contributed by atoms with E-state index in [-0.39, 0.29) is 17.6 Å². The number of anilines is 1. The van der Waals surface area contributed by atoms with Gasteiger partial charge >= 0.3 is 0 Å². The number of benzene rings is 2.